The van der Waals surface area contributed by atoms with E-state index in [1.165, 1.54) is 4.88 Å². The SMILES string of the molecule is CC1CNCCC1(O)Cc1sccc1Br. The van der Waals surface area contributed by atoms with Crippen molar-refractivity contribution < 1.29 is 5.11 Å². The first-order chi connectivity index (χ1) is 7.12. The van der Waals surface area contributed by atoms with Gasteiger partial charge in [0.2, 0.25) is 0 Å². The Balaban J connectivity index is 2.12. The lowest BCUT2D eigenvalue weighted by molar-refractivity contribution is -0.0324. The van der Waals surface area contributed by atoms with Gasteiger partial charge in [-0.1, -0.05) is 6.92 Å². The van der Waals surface area contributed by atoms with E-state index in [4.69, 9.17) is 0 Å². The first-order valence-corrected chi connectivity index (χ1v) is 6.94. The molecule has 1 saturated heterocycles. The summed E-state index contributed by atoms with van der Waals surface area (Å²) < 4.78 is 1.13. The van der Waals surface area contributed by atoms with Crippen molar-refractivity contribution in [3.8, 4) is 0 Å². The normalized spacial score (nSPS) is 31.8. The smallest absolute Gasteiger partial charge is 0.0745 e. The molecule has 84 valence electrons. The van der Waals surface area contributed by atoms with Crippen LogP contribution in [-0.2, 0) is 6.42 Å². The van der Waals surface area contributed by atoms with E-state index in [0.717, 1.165) is 30.4 Å². The van der Waals surface area contributed by atoms with E-state index >= 15 is 0 Å². The number of halogens is 1. The Labute approximate surface area is 103 Å². The summed E-state index contributed by atoms with van der Waals surface area (Å²) in [5.74, 6) is 0.320. The fourth-order valence-corrected chi connectivity index (χ4v) is 3.66. The number of piperidine rings is 1. The molecule has 1 aromatic heterocycles. The van der Waals surface area contributed by atoms with Gasteiger partial charge < -0.3 is 10.4 Å². The lowest BCUT2D eigenvalue weighted by Gasteiger charge is -2.38. The fraction of sp³-hybridized carbons (Fsp3) is 0.636. The molecule has 15 heavy (non-hydrogen) atoms. The topological polar surface area (TPSA) is 32.3 Å². The number of nitrogens with one attached hydrogen (secondary N) is 1. The quantitative estimate of drug-likeness (QED) is 0.876. The molecule has 1 aliphatic rings. The van der Waals surface area contributed by atoms with Crippen LogP contribution in [-0.4, -0.2) is 23.8 Å². The van der Waals surface area contributed by atoms with Crippen LogP contribution in [0.5, 0.6) is 0 Å². The maximum absolute atomic E-state index is 10.6. The van der Waals surface area contributed by atoms with Crippen LogP contribution < -0.4 is 5.32 Å². The van der Waals surface area contributed by atoms with Crippen LogP contribution in [0.25, 0.3) is 0 Å². The highest BCUT2D eigenvalue weighted by atomic mass is 79.9. The molecule has 1 aliphatic heterocycles. The maximum Gasteiger partial charge on any atom is 0.0745 e. The van der Waals surface area contributed by atoms with Gasteiger partial charge in [0.1, 0.15) is 0 Å². The number of hydrogen-bond donors (Lipinski definition) is 2. The summed E-state index contributed by atoms with van der Waals surface area (Å²) in [4.78, 5) is 1.26. The number of thiophene rings is 1. The summed E-state index contributed by atoms with van der Waals surface area (Å²) >= 11 is 5.24. The van der Waals surface area contributed by atoms with Gasteiger partial charge in [-0.15, -0.1) is 11.3 Å². The molecule has 0 aromatic carbocycles. The highest BCUT2D eigenvalue weighted by Crippen LogP contribution is 2.33. The third-order valence-electron chi connectivity index (χ3n) is 3.26. The lowest BCUT2D eigenvalue weighted by Crippen LogP contribution is -2.50. The minimum absolute atomic E-state index is 0.320. The Morgan fingerprint density at radius 1 is 1.73 bits per heavy atom. The van der Waals surface area contributed by atoms with Crippen molar-refractivity contribution in [2.45, 2.75) is 25.4 Å². The minimum atomic E-state index is -0.529. The molecule has 0 radical (unpaired) electrons. The van der Waals surface area contributed by atoms with Crippen molar-refractivity contribution in [3.63, 3.8) is 0 Å². The zero-order chi connectivity index (χ0) is 10.9. The van der Waals surface area contributed by atoms with E-state index in [9.17, 15) is 5.11 Å². The van der Waals surface area contributed by atoms with Gasteiger partial charge in [-0.3, -0.25) is 0 Å². The molecule has 2 rings (SSSR count). The molecule has 0 spiro atoms. The third-order valence-corrected chi connectivity index (χ3v) is 5.19. The van der Waals surface area contributed by atoms with Crippen molar-refractivity contribution in [3.05, 3.63) is 20.8 Å². The molecule has 2 N–H and O–H groups in total. The molecular formula is C11H16BrNOS. The second kappa shape index (κ2) is 4.53. The second-order valence-electron chi connectivity index (χ2n) is 4.33. The second-order valence-corrected chi connectivity index (χ2v) is 6.18. The van der Waals surface area contributed by atoms with E-state index in [2.05, 4.69) is 39.6 Å². The molecule has 0 saturated carbocycles. The van der Waals surface area contributed by atoms with E-state index in [1.807, 2.05) is 0 Å². The van der Waals surface area contributed by atoms with Crippen LogP contribution in [0, 0.1) is 5.92 Å². The van der Waals surface area contributed by atoms with Crippen LogP contribution in [0.3, 0.4) is 0 Å². The predicted octanol–water partition coefficient (Wildman–Crippen LogP) is 2.41. The van der Waals surface area contributed by atoms with Crippen molar-refractivity contribution in [1.29, 1.82) is 0 Å². The van der Waals surface area contributed by atoms with Crippen molar-refractivity contribution in [2.75, 3.05) is 13.1 Å². The van der Waals surface area contributed by atoms with Gasteiger partial charge in [-0.25, -0.2) is 0 Å². The Kier molecular flexibility index (Phi) is 3.50. The van der Waals surface area contributed by atoms with Gasteiger partial charge in [-0.2, -0.15) is 0 Å². The average molecular weight is 290 g/mol. The number of aliphatic hydroxyl groups is 1. The summed E-state index contributed by atoms with van der Waals surface area (Å²) in [6.07, 6.45) is 1.62. The van der Waals surface area contributed by atoms with Crippen molar-refractivity contribution in [2.24, 2.45) is 5.92 Å². The molecular weight excluding hydrogens is 274 g/mol. The van der Waals surface area contributed by atoms with Crippen LogP contribution in [0.15, 0.2) is 15.9 Å². The van der Waals surface area contributed by atoms with E-state index in [-0.39, 0.29) is 0 Å². The summed E-state index contributed by atoms with van der Waals surface area (Å²) in [5.41, 5.74) is -0.529. The minimum Gasteiger partial charge on any atom is -0.389 e. The molecule has 0 amide bonds. The van der Waals surface area contributed by atoms with Gasteiger partial charge in [0, 0.05) is 22.3 Å². The van der Waals surface area contributed by atoms with Crippen molar-refractivity contribution >= 4 is 27.3 Å². The predicted molar refractivity (Wildman–Crippen MR) is 67.3 cm³/mol. The largest absolute Gasteiger partial charge is 0.389 e. The van der Waals surface area contributed by atoms with Gasteiger partial charge in [0.25, 0.3) is 0 Å². The molecule has 2 heterocycles. The Hall–Kier alpha value is 0.100. The Morgan fingerprint density at radius 2 is 2.53 bits per heavy atom. The van der Waals surface area contributed by atoms with Gasteiger partial charge in [-0.05, 0) is 46.3 Å². The van der Waals surface area contributed by atoms with Crippen molar-refractivity contribution in [1.82, 2.24) is 5.32 Å². The Bertz CT molecular complexity index is 341. The molecule has 2 nitrogen and oxygen atoms in total. The summed E-state index contributed by atoms with van der Waals surface area (Å²) in [7, 11) is 0. The molecule has 2 unspecified atom stereocenters. The van der Waals surface area contributed by atoms with E-state index in [1.54, 1.807) is 11.3 Å². The Morgan fingerprint density at radius 3 is 3.13 bits per heavy atom. The molecule has 1 aromatic rings. The van der Waals surface area contributed by atoms with Gasteiger partial charge >= 0.3 is 0 Å². The zero-order valence-electron chi connectivity index (χ0n) is 8.79. The number of hydrogen-bond acceptors (Lipinski definition) is 3. The van der Waals surface area contributed by atoms with Crippen LogP contribution in [0.1, 0.15) is 18.2 Å². The molecule has 2 atom stereocenters. The van der Waals surface area contributed by atoms with Gasteiger partial charge in [0.15, 0.2) is 0 Å². The fourth-order valence-electron chi connectivity index (χ4n) is 2.05. The third kappa shape index (κ3) is 2.44. The van der Waals surface area contributed by atoms with Crippen LogP contribution in [0.4, 0.5) is 0 Å². The van der Waals surface area contributed by atoms with E-state index in [0.29, 0.717) is 5.92 Å². The zero-order valence-corrected chi connectivity index (χ0v) is 11.2. The summed E-state index contributed by atoms with van der Waals surface area (Å²) in [6.45, 7) is 3.96. The standard InChI is InChI=1S/C11H16BrNOS/c1-8-7-13-4-3-11(8,14)6-10-9(12)2-5-15-10/h2,5,8,13-14H,3-4,6-7H2,1H3. The van der Waals surface area contributed by atoms with Gasteiger partial charge in [0.05, 0.1) is 5.60 Å². The summed E-state index contributed by atoms with van der Waals surface area (Å²) in [6, 6.07) is 2.05. The average Bonchev–Trinajstić information content (AvgIpc) is 2.58. The van der Waals surface area contributed by atoms with Crippen LogP contribution in [0.2, 0.25) is 0 Å². The maximum atomic E-state index is 10.6. The highest BCUT2D eigenvalue weighted by molar-refractivity contribution is 9.10. The molecule has 0 aliphatic carbocycles. The summed E-state index contributed by atoms with van der Waals surface area (Å²) in [5, 5.41) is 16.0. The first-order valence-electron chi connectivity index (χ1n) is 5.27. The molecule has 4 heteroatoms. The first kappa shape index (κ1) is 11.6. The van der Waals surface area contributed by atoms with Crippen LogP contribution >= 0.6 is 27.3 Å². The van der Waals surface area contributed by atoms with E-state index < -0.39 is 5.60 Å². The molecule has 1 fully saturated rings. The monoisotopic (exact) mass is 289 g/mol. The number of rotatable bonds is 2. The highest BCUT2D eigenvalue weighted by Gasteiger charge is 2.36. The molecule has 0 bridgehead atoms. The lowest BCUT2D eigenvalue weighted by atomic mass is 9.80.